The molecule has 2 heterocycles. The van der Waals surface area contributed by atoms with E-state index in [0.29, 0.717) is 5.56 Å². The van der Waals surface area contributed by atoms with Crippen molar-refractivity contribution in [3.8, 4) is 11.8 Å². The largest absolute Gasteiger partial charge is 0.300 e. The molecule has 0 fully saturated rings. The maximum Gasteiger partial charge on any atom is 0.137 e. The van der Waals surface area contributed by atoms with Gasteiger partial charge in [0.1, 0.15) is 11.9 Å². The van der Waals surface area contributed by atoms with Crippen molar-refractivity contribution in [3.63, 3.8) is 0 Å². The summed E-state index contributed by atoms with van der Waals surface area (Å²) >= 11 is 0. The minimum Gasteiger partial charge on any atom is -0.300 e. The first-order valence-corrected chi connectivity index (χ1v) is 6.50. The topological polar surface area (TPSA) is 54.5 Å². The molecule has 100 valence electrons. The molecule has 0 saturated heterocycles. The number of pyridine rings is 1. The molecule has 0 N–H and O–H groups in total. The highest BCUT2D eigenvalue weighted by molar-refractivity contribution is 5.65. The van der Waals surface area contributed by atoms with Gasteiger partial charge in [0.2, 0.25) is 0 Å². The van der Waals surface area contributed by atoms with Gasteiger partial charge < -0.3 is 4.57 Å². The maximum atomic E-state index is 8.75. The number of hydrogen-bond donors (Lipinski definition) is 0. The molecule has 4 heteroatoms. The third-order valence-electron chi connectivity index (χ3n) is 3.02. The molecule has 3 rings (SSSR count). The van der Waals surface area contributed by atoms with Gasteiger partial charge in [0.15, 0.2) is 0 Å². The van der Waals surface area contributed by atoms with Crippen molar-refractivity contribution in [3.05, 3.63) is 78.1 Å². The van der Waals surface area contributed by atoms with Crippen molar-refractivity contribution in [2.45, 2.75) is 0 Å². The van der Waals surface area contributed by atoms with Gasteiger partial charge in [-0.15, -0.1) is 0 Å². The zero-order valence-electron chi connectivity index (χ0n) is 11.2. The normalized spacial score (nSPS) is 10.6. The Morgan fingerprint density at radius 2 is 1.86 bits per heavy atom. The van der Waals surface area contributed by atoms with Gasteiger partial charge in [-0.3, -0.25) is 4.98 Å². The van der Waals surface area contributed by atoms with E-state index in [-0.39, 0.29) is 0 Å². The smallest absolute Gasteiger partial charge is 0.137 e. The van der Waals surface area contributed by atoms with Gasteiger partial charge in [0.05, 0.1) is 11.3 Å². The molecule has 3 aromatic rings. The molecule has 0 aliphatic heterocycles. The van der Waals surface area contributed by atoms with Crippen LogP contribution < -0.4 is 0 Å². The van der Waals surface area contributed by atoms with E-state index in [9.17, 15) is 0 Å². The average Bonchev–Trinajstić information content (AvgIpc) is 3.03. The van der Waals surface area contributed by atoms with Gasteiger partial charge in [-0.2, -0.15) is 5.26 Å². The molecule has 4 nitrogen and oxygen atoms in total. The Balaban J connectivity index is 1.87. The molecule has 1 aromatic carbocycles. The Kier molecular flexibility index (Phi) is 3.57. The molecular weight excluding hydrogens is 260 g/mol. The molecule has 0 amide bonds. The van der Waals surface area contributed by atoms with Gasteiger partial charge in [-0.25, -0.2) is 4.98 Å². The molecule has 0 radical (unpaired) electrons. The van der Waals surface area contributed by atoms with Crippen molar-refractivity contribution in [1.82, 2.24) is 14.5 Å². The lowest BCUT2D eigenvalue weighted by Crippen LogP contribution is -1.94. The van der Waals surface area contributed by atoms with Crippen LogP contribution in [0.1, 0.15) is 17.1 Å². The highest BCUT2D eigenvalue weighted by Gasteiger charge is 2.01. The van der Waals surface area contributed by atoms with E-state index in [1.807, 2.05) is 59.3 Å². The van der Waals surface area contributed by atoms with Crippen molar-refractivity contribution in [2.75, 3.05) is 0 Å². The van der Waals surface area contributed by atoms with Crippen LogP contribution in [0.4, 0.5) is 0 Å². The van der Waals surface area contributed by atoms with E-state index < -0.39 is 0 Å². The van der Waals surface area contributed by atoms with Crippen LogP contribution in [0.5, 0.6) is 0 Å². The summed E-state index contributed by atoms with van der Waals surface area (Å²) in [7, 11) is 0. The maximum absolute atomic E-state index is 8.75. The van der Waals surface area contributed by atoms with Crippen LogP contribution in [0.3, 0.4) is 0 Å². The molecule has 21 heavy (non-hydrogen) atoms. The number of imidazole rings is 1. The van der Waals surface area contributed by atoms with Crippen LogP contribution in [0.15, 0.2) is 61.1 Å². The van der Waals surface area contributed by atoms with Gasteiger partial charge in [-0.05, 0) is 36.4 Å². The highest BCUT2D eigenvalue weighted by Crippen LogP contribution is 2.12. The molecule has 0 unspecified atom stereocenters. The minimum absolute atomic E-state index is 0.554. The number of nitriles is 1. The van der Waals surface area contributed by atoms with Crippen LogP contribution in [0, 0.1) is 11.3 Å². The third kappa shape index (κ3) is 2.88. The minimum atomic E-state index is 0.554. The van der Waals surface area contributed by atoms with E-state index in [2.05, 4.69) is 16.0 Å². The third-order valence-corrected chi connectivity index (χ3v) is 3.02. The summed E-state index contributed by atoms with van der Waals surface area (Å²) in [6, 6.07) is 15.6. The number of para-hydroxylation sites is 1. The van der Waals surface area contributed by atoms with Crippen molar-refractivity contribution in [2.24, 2.45) is 0 Å². The highest BCUT2D eigenvalue weighted by atomic mass is 15.1. The molecule has 0 aliphatic rings. The Labute approximate surface area is 122 Å². The molecule has 0 aliphatic carbocycles. The van der Waals surface area contributed by atoms with Crippen LogP contribution >= 0.6 is 0 Å². The standard InChI is InChI=1S/C17H12N4/c18-12-14-6-7-15(20-13-14)8-9-17-19-10-11-21(17)16-4-2-1-3-5-16/h1-11,13H. The Hall–Kier alpha value is -3.19. The first kappa shape index (κ1) is 12.8. The molecule has 0 bridgehead atoms. The Morgan fingerprint density at radius 1 is 1.00 bits per heavy atom. The van der Waals surface area contributed by atoms with E-state index in [0.717, 1.165) is 17.2 Å². The monoisotopic (exact) mass is 272 g/mol. The van der Waals surface area contributed by atoms with E-state index >= 15 is 0 Å². The number of aromatic nitrogens is 3. The molecule has 0 spiro atoms. The van der Waals surface area contributed by atoms with Gasteiger partial charge in [-0.1, -0.05) is 18.2 Å². The summed E-state index contributed by atoms with van der Waals surface area (Å²) < 4.78 is 2.00. The number of nitrogens with zero attached hydrogens (tertiary/aromatic N) is 4. The van der Waals surface area contributed by atoms with E-state index in [1.54, 1.807) is 18.5 Å². The summed E-state index contributed by atoms with van der Waals surface area (Å²) in [4.78, 5) is 8.54. The van der Waals surface area contributed by atoms with Crippen molar-refractivity contribution in [1.29, 1.82) is 5.26 Å². The van der Waals surface area contributed by atoms with Crippen LogP contribution in [-0.2, 0) is 0 Å². The van der Waals surface area contributed by atoms with Gasteiger partial charge >= 0.3 is 0 Å². The van der Waals surface area contributed by atoms with Gasteiger partial charge in [0.25, 0.3) is 0 Å². The number of benzene rings is 1. The fraction of sp³-hybridized carbons (Fsp3) is 0. The summed E-state index contributed by atoms with van der Waals surface area (Å²) in [6.45, 7) is 0. The van der Waals surface area contributed by atoms with Crippen molar-refractivity contribution < 1.29 is 0 Å². The second kappa shape index (κ2) is 5.85. The lowest BCUT2D eigenvalue weighted by Gasteiger charge is -2.04. The van der Waals surface area contributed by atoms with Crippen LogP contribution in [-0.4, -0.2) is 14.5 Å². The average molecular weight is 272 g/mol. The zero-order chi connectivity index (χ0) is 14.5. The lowest BCUT2D eigenvalue weighted by molar-refractivity contribution is 1.03. The second-order valence-electron chi connectivity index (χ2n) is 4.41. The summed E-state index contributed by atoms with van der Waals surface area (Å²) in [5, 5.41) is 8.75. The number of hydrogen-bond acceptors (Lipinski definition) is 3. The first-order valence-electron chi connectivity index (χ1n) is 6.50. The number of rotatable bonds is 3. The fourth-order valence-corrected chi connectivity index (χ4v) is 1.98. The SMILES string of the molecule is N#Cc1ccc(C=Cc2nccn2-c2ccccc2)nc1. The Morgan fingerprint density at radius 3 is 2.57 bits per heavy atom. The summed E-state index contributed by atoms with van der Waals surface area (Å²) in [5.41, 5.74) is 2.40. The molecule has 0 atom stereocenters. The van der Waals surface area contributed by atoms with E-state index in [1.165, 1.54) is 0 Å². The van der Waals surface area contributed by atoms with Crippen LogP contribution in [0.2, 0.25) is 0 Å². The molecular formula is C17H12N4. The fourth-order valence-electron chi connectivity index (χ4n) is 1.98. The predicted octanol–water partition coefficient (Wildman–Crippen LogP) is 3.31. The predicted molar refractivity (Wildman–Crippen MR) is 81.4 cm³/mol. The zero-order valence-corrected chi connectivity index (χ0v) is 11.2. The van der Waals surface area contributed by atoms with Crippen LogP contribution in [0.25, 0.3) is 17.8 Å². The summed E-state index contributed by atoms with van der Waals surface area (Å²) in [5.74, 6) is 0.826. The van der Waals surface area contributed by atoms with Crippen molar-refractivity contribution >= 4 is 12.2 Å². The summed E-state index contributed by atoms with van der Waals surface area (Å²) in [6.07, 6.45) is 9.02. The lowest BCUT2D eigenvalue weighted by atomic mass is 10.2. The second-order valence-corrected chi connectivity index (χ2v) is 4.41. The first-order chi connectivity index (χ1) is 10.4. The van der Waals surface area contributed by atoms with E-state index in [4.69, 9.17) is 5.26 Å². The quantitative estimate of drug-likeness (QED) is 0.735. The van der Waals surface area contributed by atoms with Gasteiger partial charge in [0, 0.05) is 24.3 Å². The Bertz CT molecular complexity index is 793. The molecule has 0 saturated carbocycles. The molecule has 2 aromatic heterocycles.